The lowest BCUT2D eigenvalue weighted by molar-refractivity contribution is -0.120. The molecule has 0 bridgehead atoms. The number of hydrogen-bond acceptors (Lipinski definition) is 7. The maximum atomic E-state index is 14.2. The summed E-state index contributed by atoms with van der Waals surface area (Å²) in [6.45, 7) is 2.16. The van der Waals surface area contributed by atoms with Crippen molar-refractivity contribution in [2.75, 3.05) is 14.2 Å². The Morgan fingerprint density at radius 2 is 1.91 bits per heavy atom. The summed E-state index contributed by atoms with van der Waals surface area (Å²) in [5.41, 5.74) is 4.35. The summed E-state index contributed by atoms with van der Waals surface area (Å²) >= 11 is 0. The van der Waals surface area contributed by atoms with Gasteiger partial charge in [0.25, 0.3) is 0 Å². The first-order valence-electron chi connectivity index (χ1n) is 11.1. The molecule has 182 valence electrons. The highest BCUT2D eigenvalue weighted by atomic mass is 19.1. The Morgan fingerprint density at radius 1 is 1.20 bits per heavy atom. The van der Waals surface area contributed by atoms with Crippen molar-refractivity contribution in [2.24, 2.45) is 0 Å². The molecule has 0 radical (unpaired) electrons. The molecule has 1 amide bonds. The second-order valence-corrected chi connectivity index (χ2v) is 8.36. The molecular formula is C25H26BFN2O6. The Hall–Kier alpha value is -3.63. The van der Waals surface area contributed by atoms with E-state index in [4.69, 9.17) is 13.9 Å². The van der Waals surface area contributed by atoms with Crippen molar-refractivity contribution in [1.82, 2.24) is 10.3 Å². The monoisotopic (exact) mass is 480 g/mol. The molecule has 0 saturated heterocycles. The Balaban J connectivity index is 1.64. The van der Waals surface area contributed by atoms with Gasteiger partial charge in [-0.15, -0.1) is 0 Å². The molecule has 10 heteroatoms. The highest BCUT2D eigenvalue weighted by molar-refractivity contribution is 6.61. The lowest BCUT2D eigenvalue weighted by Crippen LogP contribution is -2.32. The number of oxazole rings is 1. The van der Waals surface area contributed by atoms with Crippen LogP contribution in [0.15, 0.2) is 52.9 Å². The quantitative estimate of drug-likeness (QED) is 0.403. The first kappa shape index (κ1) is 24.5. The number of rotatable bonds is 9. The van der Waals surface area contributed by atoms with Crippen molar-refractivity contribution in [2.45, 2.75) is 32.2 Å². The van der Waals surface area contributed by atoms with E-state index < -0.39 is 7.12 Å². The number of carbonyl (C=O) groups is 1. The molecule has 0 saturated carbocycles. The maximum Gasteiger partial charge on any atom is 0.496 e. The average molecular weight is 480 g/mol. The van der Waals surface area contributed by atoms with Crippen LogP contribution in [-0.2, 0) is 17.8 Å². The molecular weight excluding hydrogens is 454 g/mol. The minimum Gasteiger partial charge on any atom is -0.497 e. The van der Waals surface area contributed by atoms with Crippen molar-refractivity contribution in [3.05, 3.63) is 76.8 Å². The lowest BCUT2D eigenvalue weighted by Gasteiger charge is -2.18. The molecule has 0 aliphatic heterocycles. The van der Waals surface area contributed by atoms with Crippen LogP contribution in [0, 0.1) is 5.82 Å². The largest absolute Gasteiger partial charge is 0.497 e. The molecule has 35 heavy (non-hydrogen) atoms. The number of fused-ring (bicyclic) bond motifs is 1. The smallest absolute Gasteiger partial charge is 0.496 e. The molecule has 0 spiro atoms. The third-order valence-electron chi connectivity index (χ3n) is 6.30. The van der Waals surface area contributed by atoms with E-state index in [1.807, 2.05) is 6.92 Å². The molecule has 1 aromatic heterocycles. The van der Waals surface area contributed by atoms with Crippen LogP contribution in [0.5, 0.6) is 11.5 Å². The first-order chi connectivity index (χ1) is 16.8. The van der Waals surface area contributed by atoms with Crippen LogP contribution in [-0.4, -0.2) is 42.3 Å². The van der Waals surface area contributed by atoms with Gasteiger partial charge in [0.15, 0.2) is 6.39 Å². The molecule has 1 atom stereocenters. The molecule has 2 aromatic carbocycles. The first-order valence-corrected chi connectivity index (χ1v) is 11.1. The number of amides is 1. The Bertz CT molecular complexity index is 1230. The SMILES string of the molecule is COc1cc(CC2C(C)=C(CC(=O)NCc3cnco3)c3cc(F)ccc32)cc(OC)c1B(O)O. The molecule has 1 aliphatic carbocycles. The van der Waals surface area contributed by atoms with Crippen molar-refractivity contribution in [3.8, 4) is 11.5 Å². The van der Waals surface area contributed by atoms with Gasteiger partial charge in [-0.25, -0.2) is 9.37 Å². The van der Waals surface area contributed by atoms with Crippen LogP contribution in [0.3, 0.4) is 0 Å². The molecule has 8 nitrogen and oxygen atoms in total. The highest BCUT2D eigenvalue weighted by Crippen LogP contribution is 2.45. The molecule has 3 aromatic rings. The fraction of sp³-hybridized carbons (Fsp3) is 0.280. The second kappa shape index (κ2) is 10.3. The van der Waals surface area contributed by atoms with Crippen molar-refractivity contribution in [3.63, 3.8) is 0 Å². The molecule has 1 aliphatic rings. The van der Waals surface area contributed by atoms with Crippen LogP contribution in [0.25, 0.3) is 5.57 Å². The summed E-state index contributed by atoms with van der Waals surface area (Å²) in [5, 5.41) is 22.3. The fourth-order valence-electron chi connectivity index (χ4n) is 4.59. The Labute approximate surface area is 202 Å². The zero-order chi connectivity index (χ0) is 25.1. The van der Waals surface area contributed by atoms with Crippen LogP contribution in [0.4, 0.5) is 4.39 Å². The number of nitrogens with zero attached hydrogens (tertiary/aromatic N) is 1. The molecule has 1 unspecified atom stereocenters. The van der Waals surface area contributed by atoms with E-state index in [1.165, 1.54) is 38.9 Å². The number of ether oxygens (including phenoxy) is 2. The zero-order valence-electron chi connectivity index (χ0n) is 19.7. The van der Waals surface area contributed by atoms with E-state index in [0.29, 0.717) is 29.2 Å². The van der Waals surface area contributed by atoms with Crippen LogP contribution in [0.2, 0.25) is 0 Å². The summed E-state index contributed by atoms with van der Waals surface area (Å²) < 4.78 is 30.1. The number of aromatic nitrogens is 1. The van der Waals surface area contributed by atoms with E-state index in [9.17, 15) is 19.2 Å². The van der Waals surface area contributed by atoms with Gasteiger partial charge in [0.05, 0.1) is 38.8 Å². The predicted molar refractivity (Wildman–Crippen MR) is 128 cm³/mol. The van der Waals surface area contributed by atoms with Gasteiger partial charge in [0.1, 0.15) is 23.1 Å². The third kappa shape index (κ3) is 5.08. The van der Waals surface area contributed by atoms with E-state index in [1.54, 1.807) is 18.2 Å². The summed E-state index contributed by atoms with van der Waals surface area (Å²) in [6.07, 6.45) is 3.44. The van der Waals surface area contributed by atoms with Gasteiger partial charge in [-0.05, 0) is 59.9 Å². The number of hydrogen-bond donors (Lipinski definition) is 3. The number of carbonyl (C=O) groups excluding carboxylic acids is 1. The van der Waals surface area contributed by atoms with E-state index in [-0.39, 0.29) is 36.1 Å². The standard InChI is InChI=1S/C25H26BFN2O6/c1-14-19(6-15-7-22(33-2)25(26(31)32)23(8-15)34-3)18-5-4-16(27)9-21(18)20(14)10-24(30)29-12-17-11-28-13-35-17/h4-5,7-9,11,13,19,31-32H,6,10,12H2,1-3H3,(H,29,30). The number of methoxy groups -OCH3 is 2. The molecule has 1 heterocycles. The summed E-state index contributed by atoms with van der Waals surface area (Å²) in [4.78, 5) is 16.5. The van der Waals surface area contributed by atoms with Crippen LogP contribution >= 0.6 is 0 Å². The van der Waals surface area contributed by atoms with Gasteiger partial charge in [0.2, 0.25) is 5.91 Å². The molecule has 0 fully saturated rings. The molecule has 3 N–H and O–H groups in total. The van der Waals surface area contributed by atoms with Gasteiger partial charge in [-0.2, -0.15) is 0 Å². The summed E-state index contributed by atoms with van der Waals surface area (Å²) in [5.74, 6) is 0.430. The number of nitrogens with one attached hydrogen (secondary N) is 1. The Morgan fingerprint density at radius 3 is 2.51 bits per heavy atom. The van der Waals surface area contributed by atoms with Gasteiger partial charge in [0, 0.05) is 5.92 Å². The summed E-state index contributed by atoms with van der Waals surface area (Å²) in [6, 6.07) is 8.09. The summed E-state index contributed by atoms with van der Waals surface area (Å²) in [7, 11) is 1.13. The topological polar surface area (TPSA) is 114 Å². The van der Waals surface area contributed by atoms with E-state index in [2.05, 4.69) is 10.3 Å². The average Bonchev–Trinajstić information content (AvgIpc) is 3.44. The predicted octanol–water partition coefficient (Wildman–Crippen LogP) is 2.33. The van der Waals surface area contributed by atoms with E-state index in [0.717, 1.165) is 22.3 Å². The Kier molecular flexibility index (Phi) is 7.23. The van der Waals surface area contributed by atoms with Gasteiger partial charge < -0.3 is 29.3 Å². The lowest BCUT2D eigenvalue weighted by atomic mass is 9.77. The zero-order valence-corrected chi connectivity index (χ0v) is 19.7. The van der Waals surface area contributed by atoms with Crippen molar-refractivity contribution < 1.29 is 33.1 Å². The molecule has 4 rings (SSSR count). The van der Waals surface area contributed by atoms with Crippen molar-refractivity contribution >= 4 is 24.1 Å². The fourth-order valence-corrected chi connectivity index (χ4v) is 4.59. The highest BCUT2D eigenvalue weighted by Gasteiger charge is 2.31. The minimum atomic E-state index is -1.76. The number of allylic oxidation sites excluding steroid dienone is 1. The van der Waals surface area contributed by atoms with Crippen LogP contribution in [0.1, 0.15) is 41.7 Å². The van der Waals surface area contributed by atoms with Gasteiger partial charge in [-0.3, -0.25) is 4.79 Å². The minimum absolute atomic E-state index is 0.0925. The second-order valence-electron chi connectivity index (χ2n) is 8.36. The van der Waals surface area contributed by atoms with Gasteiger partial charge >= 0.3 is 7.12 Å². The normalized spacial score (nSPS) is 14.6. The van der Waals surface area contributed by atoms with Crippen LogP contribution < -0.4 is 20.3 Å². The third-order valence-corrected chi connectivity index (χ3v) is 6.30. The maximum absolute atomic E-state index is 14.2. The van der Waals surface area contributed by atoms with Crippen molar-refractivity contribution in [1.29, 1.82) is 0 Å². The van der Waals surface area contributed by atoms with Gasteiger partial charge in [-0.1, -0.05) is 11.6 Å². The number of halogens is 1. The number of benzene rings is 2. The van der Waals surface area contributed by atoms with E-state index >= 15 is 0 Å².